The van der Waals surface area contributed by atoms with Gasteiger partial charge in [-0.25, -0.2) is 0 Å². The highest BCUT2D eigenvalue weighted by Crippen LogP contribution is 2.25. The predicted octanol–water partition coefficient (Wildman–Crippen LogP) is 3.11. The average molecular weight is 249 g/mol. The third kappa shape index (κ3) is 2.71. The van der Waals surface area contributed by atoms with E-state index < -0.39 is 0 Å². The van der Waals surface area contributed by atoms with E-state index in [-0.39, 0.29) is 0 Å². The normalized spacial score (nSPS) is 10.8. The summed E-state index contributed by atoms with van der Waals surface area (Å²) in [6.45, 7) is 0.848. The molecule has 3 heteroatoms. The number of rotatable bonds is 4. The van der Waals surface area contributed by atoms with Crippen LogP contribution in [0.1, 0.15) is 17.0 Å². The summed E-state index contributed by atoms with van der Waals surface area (Å²) in [7, 11) is 0. The van der Waals surface area contributed by atoms with Gasteiger partial charge >= 0.3 is 0 Å². The average Bonchev–Trinajstić information content (AvgIpc) is 3.00. The van der Waals surface area contributed by atoms with Gasteiger partial charge in [-0.3, -0.25) is 0 Å². The standard InChI is InChI=1S/C16H15N3/c1-3-7-14(8-4-1)16(11-19-12-17-18-13-19)15-9-5-2-6-10-15/h1-10,12-13,16H,11H2. The fourth-order valence-corrected chi connectivity index (χ4v) is 2.30. The minimum Gasteiger partial charge on any atom is -0.319 e. The first-order chi connectivity index (χ1) is 9.43. The van der Waals surface area contributed by atoms with Gasteiger partial charge in [0, 0.05) is 12.5 Å². The molecule has 0 atom stereocenters. The molecule has 2 aromatic carbocycles. The first-order valence-corrected chi connectivity index (χ1v) is 6.36. The van der Waals surface area contributed by atoms with Crippen molar-refractivity contribution in [1.29, 1.82) is 0 Å². The largest absolute Gasteiger partial charge is 0.319 e. The number of aromatic nitrogens is 3. The second-order valence-corrected chi connectivity index (χ2v) is 4.53. The number of hydrogen-bond donors (Lipinski definition) is 0. The van der Waals surface area contributed by atoms with Gasteiger partial charge in [0.15, 0.2) is 0 Å². The lowest BCUT2D eigenvalue weighted by molar-refractivity contribution is 0.622. The van der Waals surface area contributed by atoms with Crippen LogP contribution in [-0.4, -0.2) is 14.8 Å². The molecule has 0 amide bonds. The van der Waals surface area contributed by atoms with Crippen LogP contribution in [0.5, 0.6) is 0 Å². The maximum Gasteiger partial charge on any atom is 0.119 e. The topological polar surface area (TPSA) is 30.7 Å². The van der Waals surface area contributed by atoms with Gasteiger partial charge in [0.25, 0.3) is 0 Å². The van der Waals surface area contributed by atoms with Crippen molar-refractivity contribution in [3.05, 3.63) is 84.4 Å². The smallest absolute Gasteiger partial charge is 0.119 e. The van der Waals surface area contributed by atoms with E-state index in [1.165, 1.54) is 11.1 Å². The van der Waals surface area contributed by atoms with Crippen molar-refractivity contribution in [2.24, 2.45) is 0 Å². The SMILES string of the molecule is c1ccc(C(Cn2cnnc2)c2ccccc2)cc1. The molecular weight excluding hydrogens is 234 g/mol. The first kappa shape index (κ1) is 11.7. The van der Waals surface area contributed by atoms with Crippen LogP contribution in [0.3, 0.4) is 0 Å². The molecule has 1 heterocycles. The monoisotopic (exact) mass is 249 g/mol. The van der Waals surface area contributed by atoms with E-state index in [1.54, 1.807) is 12.7 Å². The Morgan fingerprint density at radius 2 is 1.21 bits per heavy atom. The van der Waals surface area contributed by atoms with Crippen molar-refractivity contribution in [2.45, 2.75) is 12.5 Å². The molecule has 0 N–H and O–H groups in total. The Balaban J connectivity index is 1.96. The Bertz CT molecular complexity index is 564. The van der Waals surface area contributed by atoms with Gasteiger partial charge in [0.05, 0.1) is 0 Å². The summed E-state index contributed by atoms with van der Waals surface area (Å²) in [6.07, 6.45) is 3.53. The lowest BCUT2D eigenvalue weighted by Gasteiger charge is -2.18. The van der Waals surface area contributed by atoms with Crippen molar-refractivity contribution in [2.75, 3.05) is 0 Å². The van der Waals surface area contributed by atoms with E-state index in [9.17, 15) is 0 Å². The van der Waals surface area contributed by atoms with Gasteiger partial charge in [-0.15, -0.1) is 10.2 Å². The molecule has 0 aliphatic carbocycles. The van der Waals surface area contributed by atoms with Crippen molar-refractivity contribution < 1.29 is 0 Å². The molecule has 0 fully saturated rings. The van der Waals surface area contributed by atoms with E-state index >= 15 is 0 Å². The molecule has 0 saturated heterocycles. The molecule has 0 aliphatic rings. The Morgan fingerprint density at radius 3 is 1.68 bits per heavy atom. The molecule has 1 aromatic heterocycles. The van der Waals surface area contributed by atoms with Crippen LogP contribution < -0.4 is 0 Å². The molecule has 19 heavy (non-hydrogen) atoms. The molecule has 0 aliphatic heterocycles. The molecule has 0 unspecified atom stereocenters. The van der Waals surface area contributed by atoms with Crippen LogP contribution >= 0.6 is 0 Å². The Hall–Kier alpha value is -2.42. The Labute approximate surface area is 112 Å². The van der Waals surface area contributed by atoms with Gasteiger partial charge in [-0.2, -0.15) is 0 Å². The van der Waals surface area contributed by atoms with Crippen molar-refractivity contribution >= 4 is 0 Å². The van der Waals surface area contributed by atoms with Gasteiger partial charge in [-0.05, 0) is 11.1 Å². The fraction of sp³-hybridized carbons (Fsp3) is 0.125. The molecule has 3 rings (SSSR count). The molecule has 0 bridgehead atoms. The second kappa shape index (κ2) is 5.48. The third-order valence-corrected chi connectivity index (χ3v) is 3.26. The molecule has 0 spiro atoms. The van der Waals surface area contributed by atoms with E-state index in [1.807, 2.05) is 16.7 Å². The summed E-state index contributed by atoms with van der Waals surface area (Å²) in [4.78, 5) is 0. The van der Waals surface area contributed by atoms with E-state index in [0.717, 1.165) is 6.54 Å². The van der Waals surface area contributed by atoms with Crippen molar-refractivity contribution in [3.63, 3.8) is 0 Å². The zero-order valence-electron chi connectivity index (χ0n) is 10.6. The quantitative estimate of drug-likeness (QED) is 0.711. The number of nitrogens with zero attached hydrogens (tertiary/aromatic N) is 3. The van der Waals surface area contributed by atoms with Crippen LogP contribution in [-0.2, 0) is 6.54 Å². The lowest BCUT2D eigenvalue weighted by Crippen LogP contribution is -2.09. The second-order valence-electron chi connectivity index (χ2n) is 4.53. The van der Waals surface area contributed by atoms with E-state index in [2.05, 4.69) is 58.7 Å². The Morgan fingerprint density at radius 1 is 0.737 bits per heavy atom. The summed E-state index contributed by atoms with van der Waals surface area (Å²) < 4.78 is 2.02. The lowest BCUT2D eigenvalue weighted by atomic mass is 9.91. The van der Waals surface area contributed by atoms with Gasteiger partial charge < -0.3 is 4.57 Å². The molecule has 94 valence electrons. The van der Waals surface area contributed by atoms with Gasteiger partial charge in [0.2, 0.25) is 0 Å². The summed E-state index contributed by atoms with van der Waals surface area (Å²) in [5.41, 5.74) is 2.62. The fourth-order valence-electron chi connectivity index (χ4n) is 2.30. The summed E-state index contributed by atoms with van der Waals surface area (Å²) in [6, 6.07) is 21.1. The molecule has 0 saturated carbocycles. The van der Waals surface area contributed by atoms with Gasteiger partial charge in [0.1, 0.15) is 12.7 Å². The highest BCUT2D eigenvalue weighted by Gasteiger charge is 2.14. The van der Waals surface area contributed by atoms with Crippen LogP contribution in [0.25, 0.3) is 0 Å². The highest BCUT2D eigenvalue weighted by molar-refractivity contribution is 5.32. The molecular formula is C16H15N3. The zero-order chi connectivity index (χ0) is 12.9. The van der Waals surface area contributed by atoms with Gasteiger partial charge in [-0.1, -0.05) is 60.7 Å². The van der Waals surface area contributed by atoms with E-state index in [4.69, 9.17) is 0 Å². The molecule has 0 radical (unpaired) electrons. The summed E-state index contributed by atoms with van der Waals surface area (Å²) >= 11 is 0. The summed E-state index contributed by atoms with van der Waals surface area (Å²) in [5, 5.41) is 7.75. The first-order valence-electron chi connectivity index (χ1n) is 6.36. The third-order valence-electron chi connectivity index (χ3n) is 3.26. The van der Waals surface area contributed by atoms with Crippen LogP contribution in [0.2, 0.25) is 0 Å². The maximum atomic E-state index is 3.88. The van der Waals surface area contributed by atoms with E-state index in [0.29, 0.717) is 5.92 Å². The number of hydrogen-bond acceptors (Lipinski definition) is 2. The van der Waals surface area contributed by atoms with Crippen molar-refractivity contribution in [1.82, 2.24) is 14.8 Å². The molecule has 3 aromatic rings. The summed E-state index contributed by atoms with van der Waals surface area (Å²) in [5.74, 6) is 0.318. The maximum absolute atomic E-state index is 3.88. The molecule has 3 nitrogen and oxygen atoms in total. The number of benzene rings is 2. The van der Waals surface area contributed by atoms with Crippen molar-refractivity contribution in [3.8, 4) is 0 Å². The zero-order valence-corrected chi connectivity index (χ0v) is 10.6. The van der Waals surface area contributed by atoms with Crippen LogP contribution in [0, 0.1) is 0 Å². The minimum atomic E-state index is 0.318. The minimum absolute atomic E-state index is 0.318. The predicted molar refractivity (Wildman–Crippen MR) is 74.7 cm³/mol. The Kier molecular flexibility index (Phi) is 3.36. The highest BCUT2D eigenvalue weighted by atomic mass is 15.2. The van der Waals surface area contributed by atoms with Crippen LogP contribution in [0.15, 0.2) is 73.3 Å². The van der Waals surface area contributed by atoms with Crippen LogP contribution in [0.4, 0.5) is 0 Å².